The second-order valence-electron chi connectivity index (χ2n) is 6.41. The summed E-state index contributed by atoms with van der Waals surface area (Å²) < 4.78 is 5.94. The fourth-order valence-corrected chi connectivity index (χ4v) is 3.23. The van der Waals surface area contributed by atoms with Crippen LogP contribution in [0.4, 0.5) is 0 Å². The monoisotopic (exact) mass is 225 g/mol. The highest BCUT2D eigenvalue weighted by Gasteiger charge is 2.57. The first-order chi connectivity index (χ1) is 7.50. The molecule has 94 valence electrons. The van der Waals surface area contributed by atoms with Crippen LogP contribution in [0.2, 0.25) is 0 Å². The summed E-state index contributed by atoms with van der Waals surface area (Å²) in [7, 11) is 0. The van der Waals surface area contributed by atoms with Gasteiger partial charge in [0.15, 0.2) is 0 Å². The van der Waals surface area contributed by atoms with Gasteiger partial charge in [0.25, 0.3) is 0 Å². The Hall–Kier alpha value is -0.0800. The van der Waals surface area contributed by atoms with E-state index in [9.17, 15) is 0 Å². The molecule has 1 N–H and O–H groups in total. The average Bonchev–Trinajstić information content (AvgIpc) is 2.88. The number of nitrogens with one attached hydrogen (secondary N) is 1. The van der Waals surface area contributed by atoms with E-state index in [2.05, 4.69) is 33.0 Å². The molecular weight excluding hydrogens is 198 g/mol. The summed E-state index contributed by atoms with van der Waals surface area (Å²) in [6.45, 7) is 11.2. The van der Waals surface area contributed by atoms with Crippen LogP contribution in [0, 0.1) is 11.3 Å². The molecule has 0 aromatic rings. The van der Waals surface area contributed by atoms with E-state index in [-0.39, 0.29) is 5.60 Å². The fraction of sp³-hybridized carbons (Fsp3) is 1.00. The average molecular weight is 225 g/mol. The van der Waals surface area contributed by atoms with Crippen LogP contribution in [-0.4, -0.2) is 24.8 Å². The second kappa shape index (κ2) is 4.30. The highest BCUT2D eigenvalue weighted by atomic mass is 16.5. The number of rotatable bonds is 4. The summed E-state index contributed by atoms with van der Waals surface area (Å²) in [5.41, 5.74) is 0.787. The van der Waals surface area contributed by atoms with Crippen molar-refractivity contribution in [2.75, 3.05) is 13.2 Å². The van der Waals surface area contributed by atoms with Gasteiger partial charge < -0.3 is 10.1 Å². The third-order valence-electron chi connectivity index (χ3n) is 4.66. The minimum absolute atomic E-state index is 0.158. The molecular formula is C14H27NO. The molecule has 1 aliphatic carbocycles. The molecule has 1 saturated carbocycles. The van der Waals surface area contributed by atoms with Crippen molar-refractivity contribution in [1.29, 1.82) is 0 Å². The first-order valence-corrected chi connectivity index (χ1v) is 6.87. The molecule has 16 heavy (non-hydrogen) atoms. The Bertz CT molecular complexity index is 253. The normalized spacial score (nSPS) is 42.9. The molecule has 0 aromatic carbocycles. The Kier molecular flexibility index (Phi) is 3.33. The number of ether oxygens (including phenoxy) is 1. The van der Waals surface area contributed by atoms with Crippen LogP contribution in [0.1, 0.15) is 53.4 Å². The zero-order valence-corrected chi connectivity index (χ0v) is 11.3. The van der Waals surface area contributed by atoms with Gasteiger partial charge >= 0.3 is 0 Å². The lowest BCUT2D eigenvalue weighted by Crippen LogP contribution is -2.39. The molecule has 1 spiro atoms. The summed E-state index contributed by atoms with van der Waals surface area (Å²) in [5.74, 6) is 0.907. The van der Waals surface area contributed by atoms with Crippen LogP contribution < -0.4 is 5.32 Å². The second-order valence-corrected chi connectivity index (χ2v) is 6.41. The minimum atomic E-state index is 0.158. The van der Waals surface area contributed by atoms with Gasteiger partial charge in [0.1, 0.15) is 0 Å². The molecule has 2 nitrogen and oxygen atoms in total. The first-order valence-electron chi connectivity index (χ1n) is 6.87. The maximum absolute atomic E-state index is 5.94. The predicted molar refractivity (Wildman–Crippen MR) is 67.6 cm³/mol. The van der Waals surface area contributed by atoms with E-state index in [0.717, 1.165) is 18.9 Å². The molecule has 2 aliphatic rings. The van der Waals surface area contributed by atoms with Gasteiger partial charge in [-0.25, -0.2) is 0 Å². The van der Waals surface area contributed by atoms with Crippen LogP contribution in [0.25, 0.3) is 0 Å². The minimum Gasteiger partial charge on any atom is -0.375 e. The summed E-state index contributed by atoms with van der Waals surface area (Å²) >= 11 is 0. The van der Waals surface area contributed by atoms with Gasteiger partial charge in [-0.3, -0.25) is 0 Å². The Balaban J connectivity index is 1.86. The Labute approximate surface area is 100 Å². The van der Waals surface area contributed by atoms with Gasteiger partial charge in [-0.05, 0) is 50.5 Å². The molecule has 0 bridgehead atoms. The van der Waals surface area contributed by atoms with E-state index in [0.29, 0.717) is 11.5 Å². The van der Waals surface area contributed by atoms with Gasteiger partial charge in [-0.1, -0.05) is 20.8 Å². The van der Waals surface area contributed by atoms with Crippen molar-refractivity contribution >= 4 is 0 Å². The van der Waals surface area contributed by atoms with E-state index in [4.69, 9.17) is 4.74 Å². The van der Waals surface area contributed by atoms with Gasteiger partial charge in [-0.2, -0.15) is 0 Å². The first kappa shape index (κ1) is 12.4. The van der Waals surface area contributed by atoms with Crippen molar-refractivity contribution in [3.05, 3.63) is 0 Å². The molecule has 0 amide bonds. The largest absolute Gasteiger partial charge is 0.375 e. The van der Waals surface area contributed by atoms with Gasteiger partial charge in [-0.15, -0.1) is 0 Å². The third-order valence-corrected chi connectivity index (χ3v) is 4.66. The van der Waals surface area contributed by atoms with Gasteiger partial charge in [0, 0.05) is 12.6 Å². The lowest BCUT2D eigenvalue weighted by Gasteiger charge is -2.39. The number of hydrogen-bond acceptors (Lipinski definition) is 2. The molecule has 2 fully saturated rings. The molecule has 3 unspecified atom stereocenters. The topological polar surface area (TPSA) is 21.3 Å². The third kappa shape index (κ3) is 2.43. The maximum Gasteiger partial charge on any atom is 0.0657 e. The lowest BCUT2D eigenvalue weighted by atomic mass is 9.81. The van der Waals surface area contributed by atoms with E-state index in [1.165, 1.54) is 25.8 Å². The molecule has 1 saturated heterocycles. The van der Waals surface area contributed by atoms with Crippen molar-refractivity contribution < 1.29 is 4.74 Å². The van der Waals surface area contributed by atoms with Gasteiger partial charge in [0.05, 0.1) is 5.60 Å². The van der Waals surface area contributed by atoms with E-state index >= 15 is 0 Å². The Morgan fingerprint density at radius 1 is 1.44 bits per heavy atom. The van der Waals surface area contributed by atoms with E-state index in [1.807, 2.05) is 0 Å². The van der Waals surface area contributed by atoms with Crippen LogP contribution >= 0.6 is 0 Å². The van der Waals surface area contributed by atoms with Crippen molar-refractivity contribution in [3.63, 3.8) is 0 Å². The van der Waals surface area contributed by atoms with E-state index < -0.39 is 0 Å². The molecule has 0 aromatic heterocycles. The highest BCUT2D eigenvalue weighted by molar-refractivity contribution is 5.08. The summed E-state index contributed by atoms with van der Waals surface area (Å²) in [6.07, 6.45) is 5.14. The standard InChI is InChI=1S/C14H27NO/c1-5-13(4)10-14(6-7-16-13)8-12(14)9-15-11(2)3/h11-12,15H,5-10H2,1-4H3. The summed E-state index contributed by atoms with van der Waals surface area (Å²) in [5, 5.41) is 3.58. The fourth-order valence-electron chi connectivity index (χ4n) is 3.23. The molecule has 1 heterocycles. The lowest BCUT2D eigenvalue weighted by molar-refractivity contribution is -0.0963. The number of hydrogen-bond donors (Lipinski definition) is 1. The molecule has 2 heteroatoms. The van der Waals surface area contributed by atoms with Crippen molar-refractivity contribution in [3.8, 4) is 0 Å². The zero-order valence-electron chi connectivity index (χ0n) is 11.3. The molecule has 1 aliphatic heterocycles. The van der Waals surface area contributed by atoms with Crippen LogP contribution in [0.3, 0.4) is 0 Å². The Morgan fingerprint density at radius 2 is 2.19 bits per heavy atom. The summed E-state index contributed by atoms with van der Waals surface area (Å²) in [4.78, 5) is 0. The van der Waals surface area contributed by atoms with Crippen molar-refractivity contribution in [1.82, 2.24) is 5.32 Å². The molecule has 3 atom stereocenters. The quantitative estimate of drug-likeness (QED) is 0.794. The SMILES string of the molecule is CCC1(C)CC2(CCO1)CC2CNC(C)C. The van der Waals surface area contributed by atoms with Gasteiger partial charge in [0.2, 0.25) is 0 Å². The zero-order chi connectivity index (χ0) is 11.8. The smallest absolute Gasteiger partial charge is 0.0657 e. The highest BCUT2D eigenvalue weighted by Crippen LogP contribution is 2.62. The predicted octanol–water partition coefficient (Wildman–Crippen LogP) is 2.97. The molecule has 2 rings (SSSR count). The van der Waals surface area contributed by atoms with Crippen LogP contribution in [0.5, 0.6) is 0 Å². The maximum atomic E-state index is 5.94. The van der Waals surface area contributed by atoms with E-state index in [1.54, 1.807) is 0 Å². The molecule has 0 radical (unpaired) electrons. The van der Waals surface area contributed by atoms with Crippen LogP contribution in [0.15, 0.2) is 0 Å². The Morgan fingerprint density at radius 3 is 2.81 bits per heavy atom. The van der Waals surface area contributed by atoms with Crippen LogP contribution in [-0.2, 0) is 4.74 Å². The summed E-state index contributed by atoms with van der Waals surface area (Å²) in [6, 6.07) is 0.620. The van der Waals surface area contributed by atoms with Crippen molar-refractivity contribution in [2.45, 2.75) is 65.0 Å². The van der Waals surface area contributed by atoms with Crippen molar-refractivity contribution in [2.24, 2.45) is 11.3 Å².